The van der Waals surface area contributed by atoms with Crippen LogP contribution >= 0.6 is 0 Å². The van der Waals surface area contributed by atoms with Gasteiger partial charge < -0.3 is 9.68 Å². The van der Waals surface area contributed by atoms with E-state index in [0.29, 0.717) is 35.5 Å². The Morgan fingerprint density at radius 2 is 1.00 bits per heavy atom. The van der Waals surface area contributed by atoms with Gasteiger partial charge in [-0.25, -0.2) is 0 Å². The summed E-state index contributed by atoms with van der Waals surface area (Å²) in [5.41, 5.74) is 2.25. The molecule has 2 atom stereocenters. The fraction of sp³-hybridized carbons (Fsp3) is 0.913. The minimum Gasteiger partial charge on any atom is -0.388 e. The van der Waals surface area contributed by atoms with Crippen LogP contribution in [0.15, 0.2) is 10.3 Å². The van der Waals surface area contributed by atoms with Crippen molar-refractivity contribution < 1.29 is 9.68 Å². The van der Waals surface area contributed by atoms with E-state index in [-0.39, 0.29) is 16.6 Å². The van der Waals surface area contributed by atoms with Crippen LogP contribution in [-0.4, -0.2) is 22.6 Å². The summed E-state index contributed by atoms with van der Waals surface area (Å²) in [5, 5.41) is 9.61. The zero-order chi connectivity index (χ0) is 19.8. The van der Waals surface area contributed by atoms with Crippen molar-refractivity contribution in [2.75, 3.05) is 0 Å². The first-order valence-electron chi connectivity index (χ1n) is 11.2. The molecule has 0 radical (unpaired) electrons. The van der Waals surface area contributed by atoms with Gasteiger partial charge in [-0.15, -0.1) is 0 Å². The quantitative estimate of drug-likeness (QED) is 0.636. The van der Waals surface area contributed by atoms with Crippen LogP contribution in [-0.2, 0) is 9.68 Å². The second kappa shape index (κ2) is 5.97. The molecular weight excluding hydrogens is 336 g/mol. The molecule has 0 aromatic rings. The number of oxime groups is 2. The summed E-state index contributed by atoms with van der Waals surface area (Å²) < 4.78 is 0. The van der Waals surface area contributed by atoms with E-state index in [4.69, 9.17) is 20.0 Å². The fourth-order valence-electron chi connectivity index (χ4n) is 7.42. The largest absolute Gasteiger partial charge is 0.388 e. The Bertz CT molecular complexity index is 600. The molecule has 0 saturated heterocycles. The van der Waals surface area contributed by atoms with Crippen molar-refractivity contribution in [2.24, 2.45) is 51.2 Å². The molecule has 4 heteroatoms. The molecule has 2 aliphatic heterocycles. The molecule has 4 nitrogen and oxygen atoms in total. The van der Waals surface area contributed by atoms with E-state index < -0.39 is 0 Å². The van der Waals surface area contributed by atoms with Crippen molar-refractivity contribution in [1.29, 1.82) is 0 Å². The third kappa shape index (κ3) is 2.11. The number of rotatable bonds is 4. The summed E-state index contributed by atoms with van der Waals surface area (Å²) >= 11 is 0. The molecule has 4 aliphatic rings. The van der Waals surface area contributed by atoms with Gasteiger partial charge in [0.05, 0.1) is 16.8 Å². The van der Waals surface area contributed by atoms with E-state index in [2.05, 4.69) is 55.4 Å². The smallest absolute Gasteiger partial charge is 0.150 e. The van der Waals surface area contributed by atoms with Crippen LogP contribution in [0.2, 0.25) is 0 Å². The van der Waals surface area contributed by atoms with E-state index in [1.54, 1.807) is 0 Å². The standard InChI is InChI=1S/C23H38N2O2/c1-13(2)22(14(3)4)17-9-11-21(19(17)24-26-22)12-10-18-20(21)25-27-23(18,15(5)6)16(7)8/h13-18H,9-12H2,1-8H3/t17-,18-,21?/m0/s1. The maximum absolute atomic E-state index is 6.30. The predicted molar refractivity (Wildman–Crippen MR) is 110 cm³/mol. The van der Waals surface area contributed by atoms with E-state index in [9.17, 15) is 0 Å². The molecule has 2 fully saturated rings. The highest BCUT2D eigenvalue weighted by atomic mass is 16.7. The van der Waals surface area contributed by atoms with Gasteiger partial charge in [0.25, 0.3) is 0 Å². The summed E-state index contributed by atoms with van der Waals surface area (Å²) in [7, 11) is 0. The number of hydrogen-bond donors (Lipinski definition) is 0. The highest BCUT2D eigenvalue weighted by molar-refractivity contribution is 6.17. The van der Waals surface area contributed by atoms with Crippen molar-refractivity contribution >= 4 is 11.4 Å². The summed E-state index contributed by atoms with van der Waals surface area (Å²) in [6.45, 7) is 18.3. The molecule has 1 spiro atoms. The molecular formula is C23H38N2O2. The third-order valence-corrected chi connectivity index (χ3v) is 8.66. The van der Waals surface area contributed by atoms with Gasteiger partial charge in [0.2, 0.25) is 0 Å². The lowest BCUT2D eigenvalue weighted by Crippen LogP contribution is -2.49. The van der Waals surface area contributed by atoms with E-state index >= 15 is 0 Å². The monoisotopic (exact) mass is 374 g/mol. The third-order valence-electron chi connectivity index (χ3n) is 8.66. The zero-order valence-corrected chi connectivity index (χ0v) is 18.5. The average molecular weight is 375 g/mol. The second-order valence-corrected chi connectivity index (χ2v) is 10.7. The number of hydrogen-bond acceptors (Lipinski definition) is 4. The highest BCUT2D eigenvalue weighted by Crippen LogP contribution is 2.63. The van der Waals surface area contributed by atoms with Crippen molar-refractivity contribution in [3.63, 3.8) is 0 Å². The molecule has 2 saturated carbocycles. The molecule has 0 unspecified atom stereocenters. The Hall–Kier alpha value is -1.06. The highest BCUT2D eigenvalue weighted by Gasteiger charge is 2.69. The topological polar surface area (TPSA) is 43.2 Å². The van der Waals surface area contributed by atoms with Gasteiger partial charge in [0.15, 0.2) is 0 Å². The van der Waals surface area contributed by atoms with Gasteiger partial charge in [0, 0.05) is 11.8 Å². The SMILES string of the molecule is CC(C)C1(C(C)C)ON=C2[C@@H]1CCC21CC[C@H]2C1=NOC2(C(C)C)C(C)C. The van der Waals surface area contributed by atoms with Gasteiger partial charge in [-0.1, -0.05) is 65.7 Å². The molecule has 152 valence electrons. The summed E-state index contributed by atoms with van der Waals surface area (Å²) in [5.74, 6) is 2.64. The van der Waals surface area contributed by atoms with Crippen LogP contribution < -0.4 is 0 Å². The van der Waals surface area contributed by atoms with Gasteiger partial charge >= 0.3 is 0 Å². The van der Waals surface area contributed by atoms with Crippen molar-refractivity contribution in [3.8, 4) is 0 Å². The van der Waals surface area contributed by atoms with Crippen LogP contribution in [0.5, 0.6) is 0 Å². The van der Waals surface area contributed by atoms with Crippen LogP contribution in [0.3, 0.4) is 0 Å². The summed E-state index contributed by atoms with van der Waals surface area (Å²) in [4.78, 5) is 12.6. The lowest BCUT2D eigenvalue weighted by Gasteiger charge is -2.39. The fourth-order valence-corrected chi connectivity index (χ4v) is 7.42. The van der Waals surface area contributed by atoms with E-state index in [1.165, 1.54) is 11.4 Å². The van der Waals surface area contributed by atoms with Crippen molar-refractivity contribution in [1.82, 2.24) is 0 Å². The molecule has 0 bridgehead atoms. The molecule has 4 rings (SSSR count). The Kier molecular flexibility index (Phi) is 4.26. The van der Waals surface area contributed by atoms with Gasteiger partial charge in [0.1, 0.15) is 11.2 Å². The Labute approximate surface area is 165 Å². The maximum Gasteiger partial charge on any atom is 0.150 e. The van der Waals surface area contributed by atoms with Crippen LogP contribution in [0, 0.1) is 40.9 Å². The lowest BCUT2D eigenvalue weighted by molar-refractivity contribution is -0.114. The number of nitrogens with zero attached hydrogens (tertiary/aromatic N) is 2. The summed E-state index contributed by atoms with van der Waals surface area (Å²) in [6, 6.07) is 0. The second-order valence-electron chi connectivity index (χ2n) is 10.7. The Morgan fingerprint density at radius 1 is 0.667 bits per heavy atom. The van der Waals surface area contributed by atoms with Crippen LogP contribution in [0.1, 0.15) is 81.1 Å². The molecule has 2 aliphatic carbocycles. The first kappa shape index (κ1) is 19.3. The zero-order valence-electron chi connectivity index (χ0n) is 18.5. The Morgan fingerprint density at radius 3 is 1.30 bits per heavy atom. The van der Waals surface area contributed by atoms with Crippen molar-refractivity contribution in [3.05, 3.63) is 0 Å². The molecule has 0 amide bonds. The molecule has 27 heavy (non-hydrogen) atoms. The first-order chi connectivity index (χ1) is 12.6. The summed E-state index contributed by atoms with van der Waals surface area (Å²) in [6.07, 6.45) is 4.65. The van der Waals surface area contributed by atoms with Crippen molar-refractivity contribution in [2.45, 2.75) is 92.3 Å². The van der Waals surface area contributed by atoms with E-state index in [0.717, 1.165) is 25.7 Å². The van der Waals surface area contributed by atoms with Gasteiger partial charge in [-0.2, -0.15) is 0 Å². The normalized spacial score (nSPS) is 32.1. The van der Waals surface area contributed by atoms with Crippen LogP contribution in [0.25, 0.3) is 0 Å². The van der Waals surface area contributed by atoms with Gasteiger partial charge in [-0.05, 0) is 49.4 Å². The molecule has 0 aromatic heterocycles. The molecule has 0 N–H and O–H groups in total. The Balaban J connectivity index is 1.71. The first-order valence-corrected chi connectivity index (χ1v) is 11.2. The molecule has 0 aromatic carbocycles. The average Bonchev–Trinajstić information content (AvgIpc) is 3.30. The predicted octanol–water partition coefficient (Wildman–Crippen LogP) is 5.67. The number of fused-ring (bicyclic) bond motifs is 4. The van der Waals surface area contributed by atoms with Crippen LogP contribution in [0.4, 0.5) is 0 Å². The lowest BCUT2D eigenvalue weighted by atomic mass is 9.67. The minimum absolute atomic E-state index is 0.00755. The van der Waals surface area contributed by atoms with Gasteiger partial charge in [-0.3, -0.25) is 0 Å². The molecule has 2 heterocycles. The minimum atomic E-state index is -0.163. The maximum atomic E-state index is 6.30. The van der Waals surface area contributed by atoms with E-state index in [1.807, 2.05) is 0 Å².